The molecule has 1 aromatic carbocycles. The monoisotopic (exact) mass is 232 g/mol. The van der Waals surface area contributed by atoms with Crippen LogP contribution in [0.1, 0.15) is 29.9 Å². The van der Waals surface area contributed by atoms with Crippen LogP contribution in [0.2, 0.25) is 0 Å². The molecule has 2 aromatic rings. The first-order valence-electron chi connectivity index (χ1n) is 5.65. The lowest BCUT2D eigenvalue weighted by Crippen LogP contribution is -2.21. The summed E-state index contributed by atoms with van der Waals surface area (Å²) in [6.45, 7) is 4.86. The molecular formula is C13H16N2O2. The molecule has 0 spiro atoms. The third-order valence-corrected chi connectivity index (χ3v) is 2.65. The molecule has 4 heteroatoms. The molecule has 0 aliphatic heterocycles. The molecule has 0 atom stereocenters. The lowest BCUT2D eigenvalue weighted by atomic mass is 10.1. The fraction of sp³-hybridized carbons (Fsp3) is 0.308. The van der Waals surface area contributed by atoms with E-state index >= 15 is 0 Å². The summed E-state index contributed by atoms with van der Waals surface area (Å²) in [5.41, 5.74) is 2.21. The van der Waals surface area contributed by atoms with Crippen molar-refractivity contribution in [2.75, 3.05) is 0 Å². The highest BCUT2D eigenvalue weighted by molar-refractivity contribution is 6.03. The van der Waals surface area contributed by atoms with Crippen molar-refractivity contribution in [1.29, 1.82) is 0 Å². The fourth-order valence-corrected chi connectivity index (χ4v) is 1.81. The van der Waals surface area contributed by atoms with Gasteiger partial charge in [0.15, 0.2) is 0 Å². The molecule has 3 N–H and O–H groups in total. The van der Waals surface area contributed by atoms with E-state index in [1.54, 1.807) is 12.1 Å². The normalized spacial score (nSPS) is 11.2. The molecule has 0 aliphatic rings. The van der Waals surface area contributed by atoms with Crippen LogP contribution in [-0.2, 0) is 6.54 Å². The van der Waals surface area contributed by atoms with Gasteiger partial charge in [0, 0.05) is 29.2 Å². The number of rotatable bonds is 4. The molecule has 0 unspecified atom stereocenters. The Morgan fingerprint density at radius 3 is 2.88 bits per heavy atom. The van der Waals surface area contributed by atoms with Crippen molar-refractivity contribution in [2.45, 2.75) is 26.4 Å². The maximum atomic E-state index is 11.1. The van der Waals surface area contributed by atoms with Gasteiger partial charge in [0.2, 0.25) is 0 Å². The quantitative estimate of drug-likeness (QED) is 0.758. The number of aromatic amines is 1. The van der Waals surface area contributed by atoms with Crippen molar-refractivity contribution in [3.8, 4) is 0 Å². The van der Waals surface area contributed by atoms with E-state index in [0.717, 1.165) is 16.6 Å². The second-order valence-corrected chi connectivity index (χ2v) is 4.40. The number of hydrogen-bond donors (Lipinski definition) is 3. The van der Waals surface area contributed by atoms with Gasteiger partial charge in [0.05, 0.1) is 5.56 Å². The van der Waals surface area contributed by atoms with Crippen LogP contribution in [0.15, 0.2) is 24.3 Å². The van der Waals surface area contributed by atoms with Crippen LogP contribution in [-0.4, -0.2) is 22.1 Å². The average molecular weight is 232 g/mol. The molecule has 0 fully saturated rings. The van der Waals surface area contributed by atoms with Gasteiger partial charge < -0.3 is 15.4 Å². The second kappa shape index (κ2) is 4.59. The Morgan fingerprint density at radius 1 is 1.47 bits per heavy atom. The summed E-state index contributed by atoms with van der Waals surface area (Å²) in [4.78, 5) is 14.3. The molecule has 0 aliphatic carbocycles. The van der Waals surface area contributed by atoms with Crippen molar-refractivity contribution < 1.29 is 9.90 Å². The highest BCUT2D eigenvalue weighted by Crippen LogP contribution is 2.20. The van der Waals surface area contributed by atoms with Crippen LogP contribution in [0.4, 0.5) is 0 Å². The molecule has 4 nitrogen and oxygen atoms in total. The number of carboxylic acids is 1. The molecule has 17 heavy (non-hydrogen) atoms. The first-order valence-corrected chi connectivity index (χ1v) is 5.65. The molecule has 0 saturated heterocycles. The zero-order chi connectivity index (χ0) is 12.4. The van der Waals surface area contributed by atoms with Crippen LogP contribution < -0.4 is 5.32 Å². The van der Waals surface area contributed by atoms with Gasteiger partial charge in [0.25, 0.3) is 0 Å². The SMILES string of the molecule is CC(C)NCc1cc2c(C(=O)O)cccc2[nH]1. The van der Waals surface area contributed by atoms with Gasteiger partial charge in [-0.15, -0.1) is 0 Å². The number of hydrogen-bond acceptors (Lipinski definition) is 2. The maximum absolute atomic E-state index is 11.1. The summed E-state index contributed by atoms with van der Waals surface area (Å²) >= 11 is 0. The van der Waals surface area contributed by atoms with E-state index in [4.69, 9.17) is 5.11 Å². The van der Waals surface area contributed by atoms with Crippen molar-refractivity contribution >= 4 is 16.9 Å². The van der Waals surface area contributed by atoms with Crippen LogP contribution in [0.3, 0.4) is 0 Å². The highest BCUT2D eigenvalue weighted by atomic mass is 16.4. The maximum Gasteiger partial charge on any atom is 0.336 e. The van der Waals surface area contributed by atoms with Gasteiger partial charge in [-0.2, -0.15) is 0 Å². The van der Waals surface area contributed by atoms with Crippen LogP contribution in [0, 0.1) is 0 Å². The predicted octanol–water partition coefficient (Wildman–Crippen LogP) is 2.36. The first-order chi connectivity index (χ1) is 8.08. The van der Waals surface area contributed by atoms with E-state index in [-0.39, 0.29) is 0 Å². The number of nitrogens with one attached hydrogen (secondary N) is 2. The number of carboxylic acid groups (broad SMARTS) is 1. The van der Waals surface area contributed by atoms with E-state index in [1.165, 1.54) is 0 Å². The summed E-state index contributed by atoms with van der Waals surface area (Å²) in [6.07, 6.45) is 0. The Labute approximate surface area is 99.7 Å². The zero-order valence-electron chi connectivity index (χ0n) is 9.95. The standard InChI is InChI=1S/C13H16N2O2/c1-8(2)14-7-9-6-11-10(13(16)17)4-3-5-12(11)15-9/h3-6,8,14-15H,7H2,1-2H3,(H,16,17). The summed E-state index contributed by atoms with van der Waals surface area (Å²) in [5, 5.41) is 13.1. The smallest absolute Gasteiger partial charge is 0.336 e. The largest absolute Gasteiger partial charge is 0.478 e. The number of carbonyl (C=O) groups is 1. The minimum atomic E-state index is -0.891. The van der Waals surface area contributed by atoms with E-state index in [0.29, 0.717) is 18.2 Å². The summed E-state index contributed by atoms with van der Waals surface area (Å²) in [5.74, 6) is -0.891. The lowest BCUT2D eigenvalue weighted by molar-refractivity contribution is 0.0699. The van der Waals surface area contributed by atoms with Crippen LogP contribution in [0.25, 0.3) is 10.9 Å². The number of aromatic nitrogens is 1. The topological polar surface area (TPSA) is 65.1 Å². The molecule has 0 saturated carbocycles. The van der Waals surface area contributed by atoms with Gasteiger partial charge >= 0.3 is 5.97 Å². The lowest BCUT2D eigenvalue weighted by Gasteiger charge is -2.05. The predicted molar refractivity (Wildman–Crippen MR) is 67.2 cm³/mol. The Morgan fingerprint density at radius 2 is 2.24 bits per heavy atom. The van der Waals surface area contributed by atoms with E-state index in [1.807, 2.05) is 12.1 Å². The third-order valence-electron chi connectivity index (χ3n) is 2.65. The van der Waals surface area contributed by atoms with Gasteiger partial charge in [0.1, 0.15) is 0 Å². The van der Waals surface area contributed by atoms with Crippen molar-refractivity contribution in [3.63, 3.8) is 0 Å². The molecule has 0 radical (unpaired) electrons. The first kappa shape index (κ1) is 11.7. The van der Waals surface area contributed by atoms with Gasteiger partial charge in [-0.1, -0.05) is 19.9 Å². The van der Waals surface area contributed by atoms with Crippen LogP contribution >= 0.6 is 0 Å². The number of H-pyrrole nitrogens is 1. The summed E-state index contributed by atoms with van der Waals surface area (Å²) in [6, 6.07) is 7.56. The molecule has 1 heterocycles. The fourth-order valence-electron chi connectivity index (χ4n) is 1.81. The zero-order valence-corrected chi connectivity index (χ0v) is 9.95. The van der Waals surface area contributed by atoms with Crippen LogP contribution in [0.5, 0.6) is 0 Å². The Bertz CT molecular complexity index is 543. The second-order valence-electron chi connectivity index (χ2n) is 4.40. The summed E-state index contributed by atoms with van der Waals surface area (Å²) < 4.78 is 0. The van der Waals surface area contributed by atoms with E-state index in [9.17, 15) is 4.79 Å². The number of aromatic carboxylic acids is 1. The van der Waals surface area contributed by atoms with Gasteiger partial charge in [-0.3, -0.25) is 0 Å². The van der Waals surface area contributed by atoms with Crippen molar-refractivity contribution in [2.24, 2.45) is 0 Å². The van der Waals surface area contributed by atoms with E-state index in [2.05, 4.69) is 24.1 Å². The molecular weight excluding hydrogens is 216 g/mol. The minimum absolute atomic E-state index is 0.342. The van der Waals surface area contributed by atoms with Crippen molar-refractivity contribution in [1.82, 2.24) is 10.3 Å². The van der Waals surface area contributed by atoms with Crippen molar-refractivity contribution in [3.05, 3.63) is 35.5 Å². The Balaban J connectivity index is 2.36. The molecule has 0 bridgehead atoms. The Hall–Kier alpha value is -1.81. The molecule has 90 valence electrons. The number of fused-ring (bicyclic) bond motifs is 1. The van der Waals surface area contributed by atoms with Gasteiger partial charge in [-0.05, 0) is 18.2 Å². The van der Waals surface area contributed by atoms with Gasteiger partial charge in [-0.25, -0.2) is 4.79 Å². The Kier molecular flexibility index (Phi) is 3.15. The summed E-state index contributed by atoms with van der Waals surface area (Å²) in [7, 11) is 0. The molecule has 1 aromatic heterocycles. The average Bonchev–Trinajstić information content (AvgIpc) is 2.68. The third kappa shape index (κ3) is 2.47. The van der Waals surface area contributed by atoms with E-state index < -0.39 is 5.97 Å². The highest BCUT2D eigenvalue weighted by Gasteiger charge is 2.10. The molecule has 2 rings (SSSR count). The minimum Gasteiger partial charge on any atom is -0.478 e. The number of benzene rings is 1. The molecule has 0 amide bonds.